The number of rotatable bonds is 6. The van der Waals surface area contributed by atoms with Crippen molar-refractivity contribution in [2.24, 2.45) is 0 Å². The van der Waals surface area contributed by atoms with Crippen molar-refractivity contribution in [3.05, 3.63) is 58.7 Å². The van der Waals surface area contributed by atoms with Gasteiger partial charge >= 0.3 is 0 Å². The van der Waals surface area contributed by atoms with Gasteiger partial charge < -0.3 is 14.8 Å². The summed E-state index contributed by atoms with van der Waals surface area (Å²) < 4.78 is 11.6. The van der Waals surface area contributed by atoms with Gasteiger partial charge in [-0.3, -0.25) is 0 Å². The zero-order valence-electron chi connectivity index (χ0n) is 15.8. The molecular weight excluding hydrogens is 310 g/mol. The molecule has 3 nitrogen and oxygen atoms in total. The Hall–Kier alpha value is -2.00. The predicted molar refractivity (Wildman–Crippen MR) is 103 cm³/mol. The van der Waals surface area contributed by atoms with Crippen molar-refractivity contribution >= 4 is 0 Å². The Kier molecular flexibility index (Phi) is 5.64. The Morgan fingerprint density at radius 2 is 1.64 bits per heavy atom. The molecule has 0 spiro atoms. The quantitative estimate of drug-likeness (QED) is 0.816. The van der Waals surface area contributed by atoms with Crippen LogP contribution in [0.15, 0.2) is 36.4 Å². The van der Waals surface area contributed by atoms with Crippen LogP contribution in [0.25, 0.3) is 0 Å². The molecule has 1 aliphatic heterocycles. The summed E-state index contributed by atoms with van der Waals surface area (Å²) in [6.07, 6.45) is 1.02. The molecular formula is C22H29NO2. The minimum absolute atomic E-state index is 0.208. The van der Waals surface area contributed by atoms with Crippen molar-refractivity contribution < 1.29 is 9.47 Å². The normalized spacial score (nSPS) is 16.6. The van der Waals surface area contributed by atoms with Crippen LogP contribution in [-0.2, 0) is 6.42 Å². The van der Waals surface area contributed by atoms with E-state index in [0.29, 0.717) is 19.1 Å². The van der Waals surface area contributed by atoms with Crippen LogP contribution in [0, 0.1) is 0 Å². The van der Waals surface area contributed by atoms with Gasteiger partial charge in [0.1, 0.15) is 0 Å². The molecule has 2 aromatic rings. The number of fused-ring (bicyclic) bond motifs is 1. The number of nitrogens with one attached hydrogen (secondary N) is 1. The van der Waals surface area contributed by atoms with E-state index in [0.717, 1.165) is 24.5 Å². The van der Waals surface area contributed by atoms with Gasteiger partial charge in [-0.2, -0.15) is 0 Å². The molecule has 3 heteroatoms. The van der Waals surface area contributed by atoms with Crippen molar-refractivity contribution in [2.75, 3.05) is 19.8 Å². The molecule has 0 aromatic heterocycles. The second-order valence-electron chi connectivity index (χ2n) is 6.82. The van der Waals surface area contributed by atoms with Crippen molar-refractivity contribution in [3.63, 3.8) is 0 Å². The van der Waals surface area contributed by atoms with Crippen molar-refractivity contribution in [1.82, 2.24) is 5.32 Å². The van der Waals surface area contributed by atoms with Crippen molar-refractivity contribution in [2.45, 2.75) is 46.1 Å². The van der Waals surface area contributed by atoms with Crippen LogP contribution in [0.2, 0.25) is 0 Å². The van der Waals surface area contributed by atoms with Crippen LogP contribution in [-0.4, -0.2) is 19.8 Å². The van der Waals surface area contributed by atoms with E-state index >= 15 is 0 Å². The summed E-state index contributed by atoms with van der Waals surface area (Å²) in [6, 6.07) is 13.5. The van der Waals surface area contributed by atoms with E-state index in [4.69, 9.17) is 9.47 Å². The van der Waals surface area contributed by atoms with E-state index in [-0.39, 0.29) is 6.04 Å². The van der Waals surface area contributed by atoms with Crippen LogP contribution in [0.3, 0.4) is 0 Å². The van der Waals surface area contributed by atoms with Gasteiger partial charge in [0.05, 0.1) is 19.3 Å². The summed E-state index contributed by atoms with van der Waals surface area (Å²) in [5.41, 5.74) is 5.33. The molecule has 1 N–H and O–H groups in total. The summed E-state index contributed by atoms with van der Waals surface area (Å²) >= 11 is 0. The van der Waals surface area contributed by atoms with E-state index in [1.807, 2.05) is 13.8 Å². The van der Waals surface area contributed by atoms with Gasteiger partial charge in [0, 0.05) is 6.54 Å². The lowest BCUT2D eigenvalue weighted by Crippen LogP contribution is -2.30. The van der Waals surface area contributed by atoms with Gasteiger partial charge in [-0.05, 0) is 60.6 Å². The number of hydrogen-bond acceptors (Lipinski definition) is 3. The van der Waals surface area contributed by atoms with Crippen molar-refractivity contribution in [1.29, 1.82) is 0 Å². The summed E-state index contributed by atoms with van der Waals surface area (Å²) in [5.74, 6) is 2.26. The van der Waals surface area contributed by atoms with Crippen LogP contribution in [0.4, 0.5) is 0 Å². The lowest BCUT2D eigenvalue weighted by molar-refractivity contribution is 0.286. The van der Waals surface area contributed by atoms with Crippen LogP contribution >= 0.6 is 0 Å². The van der Waals surface area contributed by atoms with Crippen LogP contribution in [0.5, 0.6) is 11.5 Å². The number of ether oxygens (including phenoxy) is 2. The highest BCUT2D eigenvalue weighted by molar-refractivity contribution is 5.51. The maximum Gasteiger partial charge on any atom is 0.161 e. The standard InChI is InChI=1S/C22H29NO2/c1-5-24-20-13-18-11-12-23-22(19(18)14-21(20)25-6-2)17-9-7-16(8-10-17)15(3)4/h7-10,13-15,22-23H,5-6,11-12H2,1-4H3/t22-/m1/s1. The maximum absolute atomic E-state index is 5.84. The summed E-state index contributed by atoms with van der Waals surface area (Å²) in [6.45, 7) is 10.7. The molecule has 0 saturated heterocycles. The van der Waals surface area contributed by atoms with E-state index in [2.05, 4.69) is 55.6 Å². The van der Waals surface area contributed by atoms with Gasteiger partial charge in [0.25, 0.3) is 0 Å². The minimum Gasteiger partial charge on any atom is -0.490 e. The second kappa shape index (κ2) is 7.92. The highest BCUT2D eigenvalue weighted by Gasteiger charge is 2.24. The van der Waals surface area contributed by atoms with Gasteiger partial charge in [0.2, 0.25) is 0 Å². The predicted octanol–water partition coefficient (Wildman–Crippen LogP) is 4.84. The highest BCUT2D eigenvalue weighted by Crippen LogP contribution is 2.38. The molecule has 0 amide bonds. The fourth-order valence-corrected chi connectivity index (χ4v) is 3.47. The Balaban J connectivity index is 1.98. The third kappa shape index (κ3) is 3.82. The smallest absolute Gasteiger partial charge is 0.161 e. The Morgan fingerprint density at radius 1 is 1.00 bits per heavy atom. The molecule has 1 aliphatic rings. The van der Waals surface area contributed by atoms with Crippen LogP contribution in [0.1, 0.15) is 61.9 Å². The Labute approximate surface area is 151 Å². The monoisotopic (exact) mass is 339 g/mol. The maximum atomic E-state index is 5.84. The first-order chi connectivity index (χ1) is 12.1. The fraction of sp³-hybridized carbons (Fsp3) is 0.455. The van der Waals surface area contributed by atoms with E-state index in [9.17, 15) is 0 Å². The van der Waals surface area contributed by atoms with E-state index < -0.39 is 0 Å². The van der Waals surface area contributed by atoms with Gasteiger partial charge in [-0.1, -0.05) is 38.1 Å². The molecule has 2 aromatic carbocycles. The molecule has 0 radical (unpaired) electrons. The molecule has 0 aliphatic carbocycles. The summed E-state index contributed by atoms with van der Waals surface area (Å²) in [4.78, 5) is 0. The summed E-state index contributed by atoms with van der Waals surface area (Å²) in [5, 5.41) is 3.66. The first-order valence-electron chi connectivity index (χ1n) is 9.39. The molecule has 1 atom stereocenters. The number of hydrogen-bond donors (Lipinski definition) is 1. The number of benzene rings is 2. The lowest BCUT2D eigenvalue weighted by Gasteiger charge is -2.29. The largest absolute Gasteiger partial charge is 0.490 e. The van der Waals surface area contributed by atoms with Gasteiger partial charge in [-0.25, -0.2) is 0 Å². The van der Waals surface area contributed by atoms with Gasteiger partial charge in [0.15, 0.2) is 11.5 Å². The third-order valence-corrected chi connectivity index (χ3v) is 4.80. The topological polar surface area (TPSA) is 30.5 Å². The molecule has 1 heterocycles. The molecule has 0 fully saturated rings. The zero-order chi connectivity index (χ0) is 17.8. The molecule has 0 bridgehead atoms. The Morgan fingerprint density at radius 3 is 2.24 bits per heavy atom. The average Bonchev–Trinajstić information content (AvgIpc) is 2.62. The molecule has 25 heavy (non-hydrogen) atoms. The molecule has 3 rings (SSSR count). The van der Waals surface area contributed by atoms with E-state index in [1.54, 1.807) is 0 Å². The molecule has 0 unspecified atom stereocenters. The lowest BCUT2D eigenvalue weighted by atomic mass is 9.88. The minimum atomic E-state index is 0.208. The Bertz CT molecular complexity index is 707. The SMILES string of the molecule is CCOc1cc2c(cc1OCC)[C@@H](c1ccc(C(C)C)cc1)NCC2. The zero-order valence-corrected chi connectivity index (χ0v) is 15.8. The van der Waals surface area contributed by atoms with Gasteiger partial charge in [-0.15, -0.1) is 0 Å². The average molecular weight is 339 g/mol. The third-order valence-electron chi connectivity index (χ3n) is 4.80. The van der Waals surface area contributed by atoms with Crippen LogP contribution < -0.4 is 14.8 Å². The molecule has 134 valence electrons. The first-order valence-corrected chi connectivity index (χ1v) is 9.39. The fourth-order valence-electron chi connectivity index (χ4n) is 3.47. The second-order valence-corrected chi connectivity index (χ2v) is 6.82. The van der Waals surface area contributed by atoms with E-state index in [1.165, 1.54) is 22.3 Å². The first kappa shape index (κ1) is 17.8. The highest BCUT2D eigenvalue weighted by atomic mass is 16.5. The van der Waals surface area contributed by atoms with Crippen molar-refractivity contribution in [3.8, 4) is 11.5 Å². The summed E-state index contributed by atoms with van der Waals surface area (Å²) in [7, 11) is 0. The molecule has 0 saturated carbocycles.